The second-order valence-corrected chi connectivity index (χ2v) is 6.12. The lowest BCUT2D eigenvalue weighted by Crippen LogP contribution is -2.45. The molecule has 1 spiro atoms. The molecule has 2 saturated heterocycles. The smallest absolute Gasteiger partial charge is 0.357 e. The van der Waals surface area contributed by atoms with Crippen LogP contribution in [0.1, 0.15) is 31.4 Å². The number of nitrogens with one attached hydrogen (secondary N) is 1. The summed E-state index contributed by atoms with van der Waals surface area (Å²) >= 11 is 0. The molecule has 21 heavy (non-hydrogen) atoms. The van der Waals surface area contributed by atoms with Crippen LogP contribution in [-0.2, 0) is 6.18 Å². The molecule has 2 fully saturated rings. The molecule has 0 bridgehead atoms. The second kappa shape index (κ2) is 5.48. The third kappa shape index (κ3) is 3.15. The van der Waals surface area contributed by atoms with Gasteiger partial charge in [0.2, 0.25) is 0 Å². The van der Waals surface area contributed by atoms with E-state index in [0.717, 1.165) is 45.1 Å². The van der Waals surface area contributed by atoms with E-state index in [4.69, 9.17) is 0 Å². The minimum atomic E-state index is -4.37. The molecule has 0 aromatic carbocycles. The zero-order chi connectivity index (χ0) is 14.9. The Morgan fingerprint density at radius 3 is 2.33 bits per heavy atom. The first-order chi connectivity index (χ1) is 9.99. The van der Waals surface area contributed by atoms with Gasteiger partial charge in [-0.05, 0) is 56.3 Å². The highest BCUT2D eigenvalue weighted by Gasteiger charge is 2.37. The van der Waals surface area contributed by atoms with Crippen LogP contribution in [0.2, 0.25) is 0 Å². The molecule has 116 valence electrons. The fourth-order valence-corrected chi connectivity index (χ4v) is 3.42. The van der Waals surface area contributed by atoms with Gasteiger partial charge in [-0.3, -0.25) is 0 Å². The van der Waals surface area contributed by atoms with Gasteiger partial charge in [-0.2, -0.15) is 13.2 Å². The summed E-state index contributed by atoms with van der Waals surface area (Å²) in [7, 11) is 0. The molecule has 2 aliphatic heterocycles. The van der Waals surface area contributed by atoms with Crippen LogP contribution in [0.5, 0.6) is 0 Å². The number of anilines is 1. The number of piperidine rings is 2. The van der Waals surface area contributed by atoms with E-state index in [-0.39, 0.29) is 0 Å². The average molecular weight is 299 g/mol. The van der Waals surface area contributed by atoms with E-state index >= 15 is 0 Å². The number of nitrogens with zero attached hydrogens (tertiary/aromatic N) is 2. The molecular weight excluding hydrogens is 279 g/mol. The van der Waals surface area contributed by atoms with Crippen LogP contribution < -0.4 is 10.2 Å². The Bertz CT molecular complexity index is 485. The molecule has 2 aliphatic rings. The summed E-state index contributed by atoms with van der Waals surface area (Å²) in [5.74, 6) is 0.452. The Balaban J connectivity index is 1.69. The summed E-state index contributed by atoms with van der Waals surface area (Å²) in [5, 5.41) is 3.37. The highest BCUT2D eigenvalue weighted by atomic mass is 19.4. The van der Waals surface area contributed by atoms with Crippen molar-refractivity contribution in [2.75, 3.05) is 31.1 Å². The van der Waals surface area contributed by atoms with E-state index in [9.17, 15) is 13.2 Å². The summed E-state index contributed by atoms with van der Waals surface area (Å²) < 4.78 is 38.2. The highest BCUT2D eigenvalue weighted by Crippen LogP contribution is 2.40. The first-order valence-corrected chi connectivity index (χ1v) is 7.49. The van der Waals surface area contributed by atoms with Crippen molar-refractivity contribution in [3.63, 3.8) is 0 Å². The van der Waals surface area contributed by atoms with Gasteiger partial charge < -0.3 is 10.2 Å². The molecule has 3 nitrogen and oxygen atoms in total. The molecule has 0 atom stereocenters. The fourth-order valence-electron chi connectivity index (χ4n) is 3.42. The number of hydrogen-bond donors (Lipinski definition) is 1. The van der Waals surface area contributed by atoms with Crippen molar-refractivity contribution in [1.82, 2.24) is 10.3 Å². The maximum absolute atomic E-state index is 12.7. The lowest BCUT2D eigenvalue weighted by Gasteiger charge is -2.44. The number of halogens is 3. The minimum absolute atomic E-state index is 0.392. The quantitative estimate of drug-likeness (QED) is 0.864. The normalized spacial score (nSPS) is 22.5. The van der Waals surface area contributed by atoms with Crippen molar-refractivity contribution >= 4 is 5.82 Å². The number of rotatable bonds is 1. The van der Waals surface area contributed by atoms with E-state index in [0.29, 0.717) is 11.2 Å². The van der Waals surface area contributed by atoms with Gasteiger partial charge in [-0.15, -0.1) is 0 Å². The van der Waals surface area contributed by atoms with Crippen molar-refractivity contribution in [1.29, 1.82) is 0 Å². The number of hydrogen-bond acceptors (Lipinski definition) is 3. The van der Waals surface area contributed by atoms with Crippen molar-refractivity contribution in [3.05, 3.63) is 23.9 Å². The average Bonchev–Trinajstić information content (AvgIpc) is 2.48. The lowest BCUT2D eigenvalue weighted by atomic mass is 9.71. The van der Waals surface area contributed by atoms with E-state index in [1.165, 1.54) is 18.9 Å². The first-order valence-electron chi connectivity index (χ1n) is 7.49. The van der Waals surface area contributed by atoms with Crippen LogP contribution in [0.3, 0.4) is 0 Å². The molecule has 1 aromatic heterocycles. The van der Waals surface area contributed by atoms with Crippen LogP contribution in [-0.4, -0.2) is 31.2 Å². The standard InChI is InChI=1S/C15H20F3N3/c16-15(17,18)12-2-1-3-13(20-12)21-10-6-14(7-11-21)4-8-19-9-5-14/h1-3,19H,4-11H2. The van der Waals surface area contributed by atoms with Gasteiger partial charge in [0.05, 0.1) is 0 Å². The maximum atomic E-state index is 12.7. The zero-order valence-corrected chi connectivity index (χ0v) is 11.9. The number of aromatic nitrogens is 1. The molecule has 0 saturated carbocycles. The molecule has 0 unspecified atom stereocenters. The van der Waals surface area contributed by atoms with Crippen LogP contribution in [0.25, 0.3) is 0 Å². The van der Waals surface area contributed by atoms with Crippen LogP contribution in [0, 0.1) is 5.41 Å². The predicted octanol–water partition coefficient (Wildman–Crippen LogP) is 3.07. The van der Waals surface area contributed by atoms with Gasteiger partial charge in [0.15, 0.2) is 0 Å². The summed E-state index contributed by atoms with van der Waals surface area (Å²) in [4.78, 5) is 5.78. The fraction of sp³-hybridized carbons (Fsp3) is 0.667. The molecule has 0 amide bonds. The predicted molar refractivity (Wildman–Crippen MR) is 75.2 cm³/mol. The minimum Gasteiger partial charge on any atom is -0.357 e. The monoisotopic (exact) mass is 299 g/mol. The van der Waals surface area contributed by atoms with Crippen LogP contribution >= 0.6 is 0 Å². The molecule has 0 aliphatic carbocycles. The van der Waals surface area contributed by atoms with E-state index < -0.39 is 11.9 Å². The molecule has 1 aromatic rings. The molecule has 6 heteroatoms. The van der Waals surface area contributed by atoms with Crippen molar-refractivity contribution in [2.24, 2.45) is 5.41 Å². The second-order valence-electron chi connectivity index (χ2n) is 6.12. The van der Waals surface area contributed by atoms with Gasteiger partial charge in [-0.1, -0.05) is 6.07 Å². The van der Waals surface area contributed by atoms with Crippen molar-refractivity contribution in [3.8, 4) is 0 Å². The molecule has 3 rings (SSSR count). The van der Waals surface area contributed by atoms with E-state index in [1.54, 1.807) is 6.07 Å². The molecule has 0 radical (unpaired) electrons. The molecule has 1 N–H and O–H groups in total. The van der Waals surface area contributed by atoms with Crippen molar-refractivity contribution < 1.29 is 13.2 Å². The first kappa shape index (κ1) is 14.6. The Morgan fingerprint density at radius 2 is 1.71 bits per heavy atom. The Labute approximate surface area is 122 Å². The van der Waals surface area contributed by atoms with Gasteiger partial charge in [-0.25, -0.2) is 4.98 Å². The van der Waals surface area contributed by atoms with Gasteiger partial charge in [0.25, 0.3) is 0 Å². The van der Waals surface area contributed by atoms with Gasteiger partial charge in [0.1, 0.15) is 11.5 Å². The SMILES string of the molecule is FC(F)(F)c1cccc(N2CCC3(CCNCC3)CC2)n1. The van der Waals surface area contributed by atoms with Gasteiger partial charge >= 0.3 is 6.18 Å². The topological polar surface area (TPSA) is 28.2 Å². The van der Waals surface area contributed by atoms with Gasteiger partial charge in [0, 0.05) is 13.1 Å². The Hall–Kier alpha value is -1.30. The number of pyridine rings is 1. The van der Waals surface area contributed by atoms with E-state index in [1.807, 2.05) is 4.90 Å². The van der Waals surface area contributed by atoms with E-state index in [2.05, 4.69) is 10.3 Å². The Morgan fingerprint density at radius 1 is 1.05 bits per heavy atom. The summed E-state index contributed by atoms with van der Waals surface area (Å²) in [6.07, 6.45) is 0.0784. The van der Waals surface area contributed by atoms with Crippen molar-refractivity contribution in [2.45, 2.75) is 31.9 Å². The Kier molecular flexibility index (Phi) is 3.82. The molecule has 3 heterocycles. The third-order valence-corrected chi connectivity index (χ3v) is 4.84. The van der Waals surface area contributed by atoms with Crippen LogP contribution in [0.4, 0.5) is 19.0 Å². The molecular formula is C15H20F3N3. The maximum Gasteiger partial charge on any atom is 0.433 e. The number of alkyl halides is 3. The highest BCUT2D eigenvalue weighted by molar-refractivity contribution is 5.40. The van der Waals surface area contributed by atoms with Crippen LogP contribution in [0.15, 0.2) is 18.2 Å². The lowest BCUT2D eigenvalue weighted by molar-refractivity contribution is -0.141. The summed E-state index contributed by atoms with van der Waals surface area (Å²) in [6, 6.07) is 4.15. The largest absolute Gasteiger partial charge is 0.433 e. The zero-order valence-electron chi connectivity index (χ0n) is 11.9. The summed E-state index contributed by atoms with van der Waals surface area (Å²) in [5.41, 5.74) is -0.411. The third-order valence-electron chi connectivity index (χ3n) is 4.84. The summed E-state index contributed by atoms with van der Waals surface area (Å²) in [6.45, 7) is 3.71.